The molecule has 3 aromatic rings. The summed E-state index contributed by atoms with van der Waals surface area (Å²) < 4.78 is 5.11. The Labute approximate surface area is 143 Å². The van der Waals surface area contributed by atoms with E-state index < -0.39 is 6.04 Å². The molecular formula is C18H17N3O2S. The van der Waals surface area contributed by atoms with Crippen LogP contribution in [0.2, 0.25) is 0 Å². The van der Waals surface area contributed by atoms with Crippen LogP contribution in [0, 0.1) is 0 Å². The number of hydrogen-bond donors (Lipinski definition) is 1. The molecule has 0 radical (unpaired) electrons. The van der Waals surface area contributed by atoms with Crippen molar-refractivity contribution in [2.45, 2.75) is 19.0 Å². The van der Waals surface area contributed by atoms with E-state index in [2.05, 4.69) is 16.0 Å². The number of carbonyl (C=O) groups excluding carboxylic acids is 1. The summed E-state index contributed by atoms with van der Waals surface area (Å²) in [5.41, 5.74) is 9.84. The third-order valence-electron chi connectivity index (χ3n) is 4.34. The molecule has 0 bridgehead atoms. The lowest BCUT2D eigenvalue weighted by Crippen LogP contribution is -2.42. The summed E-state index contributed by atoms with van der Waals surface area (Å²) in [6.07, 6.45) is 4.24. The van der Waals surface area contributed by atoms with Crippen LogP contribution in [-0.2, 0) is 17.8 Å². The maximum Gasteiger partial charge on any atom is 0.239 e. The minimum Gasteiger partial charge on any atom is -0.472 e. The molecule has 1 unspecified atom stereocenters. The number of furan rings is 1. The van der Waals surface area contributed by atoms with E-state index in [1.54, 1.807) is 23.9 Å². The molecule has 4 rings (SSSR count). The van der Waals surface area contributed by atoms with Gasteiger partial charge in [-0.1, -0.05) is 24.3 Å². The highest BCUT2D eigenvalue weighted by Crippen LogP contribution is 2.31. The van der Waals surface area contributed by atoms with Crippen LogP contribution in [0.4, 0.5) is 0 Å². The third-order valence-corrected chi connectivity index (χ3v) is 5.28. The molecule has 1 aromatic carbocycles. The van der Waals surface area contributed by atoms with Gasteiger partial charge in [0.2, 0.25) is 5.91 Å². The molecule has 0 saturated heterocycles. The van der Waals surface area contributed by atoms with Crippen LogP contribution in [0.1, 0.15) is 22.9 Å². The summed E-state index contributed by atoms with van der Waals surface area (Å²) >= 11 is 1.58. The number of hydrogen-bond acceptors (Lipinski definition) is 5. The Kier molecular flexibility index (Phi) is 3.92. The molecule has 1 aliphatic rings. The van der Waals surface area contributed by atoms with Crippen molar-refractivity contribution in [1.82, 2.24) is 9.88 Å². The monoisotopic (exact) mass is 339 g/mol. The lowest BCUT2D eigenvalue weighted by Gasteiger charge is -2.34. The highest BCUT2D eigenvalue weighted by Gasteiger charge is 2.31. The first-order valence-corrected chi connectivity index (χ1v) is 8.68. The summed E-state index contributed by atoms with van der Waals surface area (Å²) in [6, 6.07) is 9.53. The minimum atomic E-state index is -0.394. The molecule has 2 N–H and O–H groups in total. The van der Waals surface area contributed by atoms with Crippen molar-refractivity contribution in [2.24, 2.45) is 5.73 Å². The Morgan fingerprint density at radius 3 is 3.04 bits per heavy atom. The van der Waals surface area contributed by atoms with Crippen molar-refractivity contribution in [3.05, 3.63) is 65.1 Å². The molecule has 2 aromatic heterocycles. The molecule has 1 amide bonds. The fraction of sp³-hybridized carbons (Fsp3) is 0.222. The first-order chi connectivity index (χ1) is 11.7. The molecular weight excluding hydrogens is 322 g/mol. The smallest absolute Gasteiger partial charge is 0.239 e. The first kappa shape index (κ1) is 15.1. The van der Waals surface area contributed by atoms with Gasteiger partial charge in [0.05, 0.1) is 12.0 Å². The number of amides is 1. The van der Waals surface area contributed by atoms with Crippen LogP contribution in [0.15, 0.2) is 52.7 Å². The van der Waals surface area contributed by atoms with Crippen molar-refractivity contribution >= 4 is 17.2 Å². The summed E-state index contributed by atoms with van der Waals surface area (Å²) in [7, 11) is 0. The zero-order valence-electron chi connectivity index (χ0n) is 13.0. The normalized spacial score (nSPS) is 17.6. The van der Waals surface area contributed by atoms with E-state index in [1.807, 2.05) is 29.6 Å². The minimum absolute atomic E-state index is 0.313. The Morgan fingerprint density at radius 1 is 1.38 bits per heavy atom. The SMILES string of the molecule is NC(=O)C1c2ccccc2CCN1Cc1csc(-c2ccoc2)n1. The summed E-state index contributed by atoms with van der Waals surface area (Å²) in [5, 5.41) is 2.95. The number of nitrogens with zero attached hydrogens (tertiary/aromatic N) is 2. The Balaban J connectivity index is 1.59. The molecule has 24 heavy (non-hydrogen) atoms. The number of benzene rings is 1. The van der Waals surface area contributed by atoms with E-state index in [1.165, 1.54) is 5.56 Å². The molecule has 0 fully saturated rings. The van der Waals surface area contributed by atoms with Crippen molar-refractivity contribution in [2.75, 3.05) is 6.54 Å². The predicted octanol–water partition coefficient (Wildman–Crippen LogP) is 2.99. The Bertz CT molecular complexity index is 857. The molecule has 6 heteroatoms. The molecule has 1 atom stereocenters. The van der Waals surface area contributed by atoms with Crippen molar-refractivity contribution in [3.8, 4) is 10.6 Å². The molecule has 5 nitrogen and oxygen atoms in total. The van der Waals surface area contributed by atoms with Crippen LogP contribution in [0.25, 0.3) is 10.6 Å². The van der Waals surface area contributed by atoms with E-state index in [4.69, 9.17) is 10.2 Å². The van der Waals surface area contributed by atoms with Gasteiger partial charge in [-0.05, 0) is 23.6 Å². The van der Waals surface area contributed by atoms with E-state index >= 15 is 0 Å². The van der Waals surface area contributed by atoms with Gasteiger partial charge in [-0.15, -0.1) is 11.3 Å². The number of primary amides is 1. The second-order valence-electron chi connectivity index (χ2n) is 5.88. The second kappa shape index (κ2) is 6.22. The predicted molar refractivity (Wildman–Crippen MR) is 92.3 cm³/mol. The molecule has 0 saturated carbocycles. The molecule has 0 aliphatic carbocycles. The zero-order valence-corrected chi connectivity index (χ0v) is 13.8. The van der Waals surface area contributed by atoms with Gasteiger partial charge >= 0.3 is 0 Å². The number of fused-ring (bicyclic) bond motifs is 1. The third kappa shape index (κ3) is 2.74. The number of carbonyl (C=O) groups is 1. The van der Waals surface area contributed by atoms with Gasteiger partial charge in [-0.3, -0.25) is 9.69 Å². The quantitative estimate of drug-likeness (QED) is 0.793. The number of aromatic nitrogens is 1. The molecule has 122 valence electrons. The van der Waals surface area contributed by atoms with E-state index in [-0.39, 0.29) is 5.91 Å². The lowest BCUT2D eigenvalue weighted by atomic mass is 9.92. The van der Waals surface area contributed by atoms with Crippen LogP contribution < -0.4 is 5.73 Å². The van der Waals surface area contributed by atoms with E-state index in [0.717, 1.165) is 34.8 Å². The average molecular weight is 339 g/mol. The molecule has 3 heterocycles. The summed E-state index contributed by atoms with van der Waals surface area (Å²) in [5.74, 6) is -0.313. The van der Waals surface area contributed by atoms with Crippen molar-refractivity contribution in [1.29, 1.82) is 0 Å². The second-order valence-corrected chi connectivity index (χ2v) is 6.74. The van der Waals surface area contributed by atoms with Gasteiger partial charge in [-0.2, -0.15) is 0 Å². The topological polar surface area (TPSA) is 72.4 Å². The fourth-order valence-corrected chi connectivity index (χ4v) is 4.03. The van der Waals surface area contributed by atoms with Gasteiger partial charge in [0, 0.05) is 24.0 Å². The van der Waals surface area contributed by atoms with Crippen molar-refractivity contribution < 1.29 is 9.21 Å². The fourth-order valence-electron chi connectivity index (χ4n) is 3.23. The van der Waals surface area contributed by atoms with Crippen molar-refractivity contribution in [3.63, 3.8) is 0 Å². The maximum atomic E-state index is 12.1. The first-order valence-electron chi connectivity index (χ1n) is 7.80. The van der Waals surface area contributed by atoms with Gasteiger partial charge in [0.15, 0.2) is 0 Å². The number of thiazole rings is 1. The number of rotatable bonds is 4. The van der Waals surface area contributed by atoms with Crippen LogP contribution in [0.5, 0.6) is 0 Å². The van der Waals surface area contributed by atoms with Crippen LogP contribution in [0.3, 0.4) is 0 Å². The highest BCUT2D eigenvalue weighted by atomic mass is 32.1. The van der Waals surface area contributed by atoms with Crippen LogP contribution in [-0.4, -0.2) is 22.3 Å². The summed E-state index contributed by atoms with van der Waals surface area (Å²) in [6.45, 7) is 1.40. The standard InChI is InChI=1S/C18H17N3O2S/c19-17(22)16-15-4-2-1-3-12(15)5-7-21(16)9-14-11-24-18(20-14)13-6-8-23-10-13/h1-4,6,8,10-11,16H,5,7,9H2,(H2,19,22). The Hall–Kier alpha value is -2.44. The van der Waals surface area contributed by atoms with E-state index in [9.17, 15) is 4.79 Å². The number of nitrogens with two attached hydrogens (primary N) is 1. The molecule has 0 spiro atoms. The van der Waals surface area contributed by atoms with Crippen LogP contribution >= 0.6 is 11.3 Å². The molecule has 1 aliphatic heterocycles. The van der Waals surface area contributed by atoms with Gasteiger partial charge < -0.3 is 10.2 Å². The lowest BCUT2D eigenvalue weighted by molar-refractivity contribution is -0.124. The summed E-state index contributed by atoms with van der Waals surface area (Å²) in [4.78, 5) is 18.8. The Morgan fingerprint density at radius 2 is 2.25 bits per heavy atom. The van der Waals surface area contributed by atoms with E-state index in [0.29, 0.717) is 6.54 Å². The van der Waals surface area contributed by atoms with Gasteiger partial charge in [0.1, 0.15) is 17.3 Å². The largest absolute Gasteiger partial charge is 0.472 e. The maximum absolute atomic E-state index is 12.1. The average Bonchev–Trinajstić information content (AvgIpc) is 3.25. The zero-order chi connectivity index (χ0) is 16.5. The van der Waals surface area contributed by atoms with Gasteiger partial charge in [0.25, 0.3) is 0 Å². The highest BCUT2D eigenvalue weighted by molar-refractivity contribution is 7.13. The van der Waals surface area contributed by atoms with Gasteiger partial charge in [-0.25, -0.2) is 4.98 Å².